The summed E-state index contributed by atoms with van der Waals surface area (Å²) in [7, 11) is 0. The summed E-state index contributed by atoms with van der Waals surface area (Å²) >= 11 is 0. The molecule has 0 aliphatic heterocycles. The van der Waals surface area contributed by atoms with Crippen LogP contribution in [0.1, 0.15) is 52.7 Å². The molecular weight excluding hydrogens is 392 g/mol. The van der Waals surface area contributed by atoms with Crippen LogP contribution in [0.3, 0.4) is 0 Å². The molecule has 0 amide bonds. The fraction of sp³-hybridized carbons (Fsp3) is 0.276. The van der Waals surface area contributed by atoms with Crippen LogP contribution < -0.4 is 0 Å². The van der Waals surface area contributed by atoms with Crippen molar-refractivity contribution in [3.63, 3.8) is 0 Å². The van der Waals surface area contributed by atoms with E-state index in [1.807, 2.05) is 36.4 Å². The molecule has 0 unspecified atom stereocenters. The first-order valence-electron chi connectivity index (χ1n) is 11.1. The second-order valence-electron chi connectivity index (χ2n) is 10.4. The summed E-state index contributed by atoms with van der Waals surface area (Å²) in [5.74, 6) is 1.25. The van der Waals surface area contributed by atoms with Crippen molar-refractivity contribution < 1.29 is 5.11 Å². The zero-order valence-corrected chi connectivity index (χ0v) is 19.8. The molecule has 0 aliphatic rings. The minimum absolute atomic E-state index is 0.202. The number of benzene rings is 3. The predicted molar refractivity (Wildman–Crippen MR) is 134 cm³/mol. The van der Waals surface area contributed by atoms with Crippen LogP contribution in [0.5, 0.6) is 5.75 Å². The normalized spacial score (nSPS) is 12.2. The molecule has 0 spiro atoms. The average molecular weight is 425 g/mol. The van der Waals surface area contributed by atoms with Crippen molar-refractivity contribution in [1.29, 1.82) is 0 Å². The van der Waals surface area contributed by atoms with Gasteiger partial charge in [-0.25, -0.2) is 4.98 Å². The summed E-state index contributed by atoms with van der Waals surface area (Å²) in [4.78, 5) is 5.08. The van der Waals surface area contributed by atoms with Crippen LogP contribution >= 0.6 is 0 Å². The van der Waals surface area contributed by atoms with Gasteiger partial charge in [0.25, 0.3) is 0 Å². The topological polar surface area (TPSA) is 38.0 Å². The van der Waals surface area contributed by atoms with E-state index in [9.17, 15) is 5.11 Å². The van der Waals surface area contributed by atoms with Gasteiger partial charge in [0.2, 0.25) is 0 Å². The average Bonchev–Trinajstić information content (AvgIpc) is 3.19. The summed E-state index contributed by atoms with van der Waals surface area (Å²) in [6.45, 7) is 12.8. The Morgan fingerprint density at radius 1 is 0.688 bits per heavy atom. The minimum atomic E-state index is -0.202. The molecule has 0 atom stereocenters. The van der Waals surface area contributed by atoms with Crippen molar-refractivity contribution in [2.75, 3.05) is 0 Å². The SMILES string of the molecule is CC(C)(C)c1cc(-c2nc(-c3ccccc3)cn2-c2ccccc2)cc(C(C)(C)C)c1O. The fourth-order valence-electron chi connectivity index (χ4n) is 4.02. The molecule has 1 aromatic heterocycles. The number of aromatic hydroxyl groups is 1. The molecular formula is C29H32N2O. The van der Waals surface area contributed by atoms with Gasteiger partial charge in [0, 0.05) is 34.1 Å². The Bertz CT molecular complexity index is 1190. The second kappa shape index (κ2) is 7.98. The zero-order chi connectivity index (χ0) is 23.1. The molecule has 0 saturated heterocycles. The minimum Gasteiger partial charge on any atom is -0.507 e. The third-order valence-corrected chi connectivity index (χ3v) is 5.79. The van der Waals surface area contributed by atoms with E-state index in [4.69, 9.17) is 4.98 Å². The molecule has 1 heterocycles. The van der Waals surface area contributed by atoms with Gasteiger partial charge in [-0.1, -0.05) is 90.1 Å². The first kappa shape index (κ1) is 21.9. The smallest absolute Gasteiger partial charge is 0.145 e. The maximum absolute atomic E-state index is 11.2. The zero-order valence-electron chi connectivity index (χ0n) is 19.8. The van der Waals surface area contributed by atoms with Gasteiger partial charge in [0.15, 0.2) is 0 Å². The number of aromatic nitrogens is 2. The molecule has 3 heteroatoms. The Morgan fingerprint density at radius 3 is 1.69 bits per heavy atom. The van der Waals surface area contributed by atoms with Gasteiger partial charge in [-0.2, -0.15) is 0 Å². The van der Waals surface area contributed by atoms with E-state index in [0.717, 1.165) is 39.5 Å². The van der Waals surface area contributed by atoms with E-state index in [-0.39, 0.29) is 10.8 Å². The number of hydrogen-bond acceptors (Lipinski definition) is 2. The molecule has 4 aromatic rings. The summed E-state index contributed by atoms with van der Waals surface area (Å²) in [5.41, 5.74) is 5.52. The molecule has 0 radical (unpaired) electrons. The van der Waals surface area contributed by atoms with Gasteiger partial charge < -0.3 is 5.11 Å². The monoisotopic (exact) mass is 424 g/mol. The van der Waals surface area contributed by atoms with Gasteiger partial charge in [-0.15, -0.1) is 0 Å². The van der Waals surface area contributed by atoms with E-state index in [2.05, 4.69) is 88.7 Å². The van der Waals surface area contributed by atoms with Crippen molar-refractivity contribution in [2.24, 2.45) is 0 Å². The van der Waals surface area contributed by atoms with Gasteiger partial charge in [-0.05, 0) is 35.1 Å². The summed E-state index contributed by atoms with van der Waals surface area (Å²) in [6, 6.07) is 24.7. The highest BCUT2D eigenvalue weighted by Gasteiger charge is 2.28. The van der Waals surface area contributed by atoms with Crippen LogP contribution in [0.25, 0.3) is 28.3 Å². The largest absolute Gasteiger partial charge is 0.507 e. The van der Waals surface area contributed by atoms with Crippen LogP contribution in [0, 0.1) is 0 Å². The molecule has 1 N–H and O–H groups in total. The summed E-state index contributed by atoms with van der Waals surface area (Å²) in [5, 5.41) is 11.2. The van der Waals surface area contributed by atoms with Gasteiger partial charge >= 0.3 is 0 Å². The molecule has 3 nitrogen and oxygen atoms in total. The van der Waals surface area contributed by atoms with Gasteiger partial charge in [-0.3, -0.25) is 4.57 Å². The molecule has 164 valence electrons. The molecule has 3 aromatic carbocycles. The number of phenolic OH excluding ortho intramolecular Hbond substituents is 1. The maximum atomic E-state index is 11.2. The van der Waals surface area contributed by atoms with Gasteiger partial charge in [0.1, 0.15) is 11.6 Å². The molecule has 0 bridgehead atoms. The number of imidazole rings is 1. The van der Waals surface area contributed by atoms with E-state index in [1.54, 1.807) is 0 Å². The number of nitrogens with zero attached hydrogens (tertiary/aromatic N) is 2. The quantitative estimate of drug-likeness (QED) is 0.369. The van der Waals surface area contributed by atoms with Crippen molar-refractivity contribution >= 4 is 0 Å². The first-order valence-corrected chi connectivity index (χ1v) is 11.1. The second-order valence-corrected chi connectivity index (χ2v) is 10.4. The highest BCUT2D eigenvalue weighted by Crippen LogP contribution is 2.42. The van der Waals surface area contributed by atoms with Crippen LogP contribution in [0.4, 0.5) is 0 Å². The molecule has 0 saturated carbocycles. The Hall–Kier alpha value is -3.33. The number of hydrogen-bond donors (Lipinski definition) is 1. The standard InChI is InChI=1S/C29H32N2O/c1-28(2,3)23-17-21(18-24(26(23)32)29(4,5)6)27-30-25(20-13-9-7-10-14-20)19-31(27)22-15-11-8-12-16-22/h7-19,32H,1-6H3. The number of phenols is 1. The summed E-state index contributed by atoms with van der Waals surface area (Å²) < 4.78 is 2.15. The third-order valence-electron chi connectivity index (χ3n) is 5.79. The van der Waals surface area contributed by atoms with E-state index in [1.165, 1.54) is 0 Å². The summed E-state index contributed by atoms with van der Waals surface area (Å²) in [6.07, 6.45) is 2.10. The van der Waals surface area contributed by atoms with E-state index in [0.29, 0.717) is 5.75 Å². The lowest BCUT2D eigenvalue weighted by atomic mass is 9.78. The first-order chi connectivity index (χ1) is 15.1. The highest BCUT2D eigenvalue weighted by atomic mass is 16.3. The van der Waals surface area contributed by atoms with Crippen LogP contribution in [0.15, 0.2) is 79.0 Å². The molecule has 0 aliphatic carbocycles. The molecule has 4 rings (SSSR count). The van der Waals surface area contributed by atoms with Crippen LogP contribution in [-0.2, 0) is 10.8 Å². The van der Waals surface area contributed by atoms with Crippen molar-refractivity contribution in [3.8, 4) is 34.1 Å². The Morgan fingerprint density at radius 2 is 1.19 bits per heavy atom. The third kappa shape index (κ3) is 4.20. The van der Waals surface area contributed by atoms with E-state index >= 15 is 0 Å². The Labute approximate surface area is 191 Å². The predicted octanol–water partition coefficient (Wildman–Crippen LogP) is 7.51. The Balaban J connectivity index is 2.02. The Kier molecular flexibility index (Phi) is 5.46. The number of rotatable bonds is 3. The lowest BCUT2D eigenvalue weighted by Crippen LogP contribution is -2.17. The van der Waals surface area contributed by atoms with Crippen molar-refractivity contribution in [1.82, 2.24) is 9.55 Å². The lowest BCUT2D eigenvalue weighted by Gasteiger charge is -2.28. The molecule has 0 fully saturated rings. The fourth-order valence-corrected chi connectivity index (χ4v) is 4.02. The van der Waals surface area contributed by atoms with Crippen molar-refractivity contribution in [2.45, 2.75) is 52.4 Å². The maximum Gasteiger partial charge on any atom is 0.145 e. The number of para-hydroxylation sites is 1. The van der Waals surface area contributed by atoms with Crippen LogP contribution in [0.2, 0.25) is 0 Å². The van der Waals surface area contributed by atoms with E-state index < -0.39 is 0 Å². The van der Waals surface area contributed by atoms with Crippen LogP contribution in [-0.4, -0.2) is 14.7 Å². The molecule has 32 heavy (non-hydrogen) atoms. The highest BCUT2D eigenvalue weighted by molar-refractivity contribution is 5.70. The van der Waals surface area contributed by atoms with Gasteiger partial charge in [0.05, 0.1) is 5.69 Å². The lowest BCUT2D eigenvalue weighted by molar-refractivity contribution is 0.423. The van der Waals surface area contributed by atoms with Crippen molar-refractivity contribution in [3.05, 3.63) is 90.1 Å².